The Balaban J connectivity index is 1.84. The molecular weight excluding hydrogens is 302 g/mol. The Morgan fingerprint density at radius 2 is 1.79 bits per heavy atom. The maximum Gasteiger partial charge on any atom is 0.182 e. The molecule has 4 nitrogen and oxygen atoms in total. The summed E-state index contributed by atoms with van der Waals surface area (Å²) in [4.78, 5) is 11.6. The lowest BCUT2D eigenvalue weighted by Gasteiger charge is -2.20. The average molecular weight is 327 g/mol. The second kappa shape index (κ2) is 6.71. The molecule has 1 fully saturated rings. The van der Waals surface area contributed by atoms with Crippen LogP contribution in [0.1, 0.15) is 42.6 Å². The molecule has 1 aliphatic carbocycles. The third-order valence-corrected chi connectivity index (χ3v) is 4.58. The highest BCUT2D eigenvalue weighted by molar-refractivity contribution is 5.44. The van der Waals surface area contributed by atoms with Crippen LogP contribution in [0.3, 0.4) is 0 Å². The number of rotatable bonds is 6. The van der Waals surface area contributed by atoms with E-state index in [1.54, 1.807) is 19.2 Å². The minimum Gasteiger partial charge on any atom is -0.493 e. The molecule has 1 heterocycles. The van der Waals surface area contributed by atoms with Gasteiger partial charge in [-0.05, 0) is 50.3 Å². The lowest BCUT2D eigenvalue weighted by molar-refractivity contribution is 0.281. The van der Waals surface area contributed by atoms with Crippen molar-refractivity contribution < 1.29 is 9.47 Å². The van der Waals surface area contributed by atoms with Gasteiger partial charge in [0.25, 0.3) is 0 Å². The van der Waals surface area contributed by atoms with Gasteiger partial charge in [0.2, 0.25) is 0 Å². The van der Waals surface area contributed by atoms with Gasteiger partial charge in [0.1, 0.15) is 0 Å². The van der Waals surface area contributed by atoms with Gasteiger partial charge in [-0.25, -0.2) is 0 Å². The molecule has 0 aliphatic heterocycles. The largest absolute Gasteiger partial charge is 0.493 e. The average Bonchev–Trinajstić information content (AvgIpc) is 3.34. The number of aromatic nitrogens is 1. The minimum atomic E-state index is 0.0680. The van der Waals surface area contributed by atoms with Crippen molar-refractivity contribution in [3.05, 3.63) is 57.5 Å². The zero-order valence-electron chi connectivity index (χ0n) is 14.8. The number of ether oxygens (including phenoxy) is 2. The third-order valence-electron chi connectivity index (χ3n) is 4.58. The molecule has 1 aromatic heterocycles. The molecule has 1 aromatic carbocycles. The van der Waals surface area contributed by atoms with E-state index in [9.17, 15) is 4.79 Å². The van der Waals surface area contributed by atoms with Crippen LogP contribution < -0.4 is 14.9 Å². The van der Waals surface area contributed by atoms with Gasteiger partial charge in [-0.15, -0.1) is 0 Å². The van der Waals surface area contributed by atoms with Gasteiger partial charge in [0.05, 0.1) is 13.2 Å². The lowest BCUT2D eigenvalue weighted by Crippen LogP contribution is -2.16. The van der Waals surface area contributed by atoms with E-state index in [1.807, 2.05) is 19.9 Å². The van der Waals surface area contributed by atoms with E-state index in [0.717, 1.165) is 42.3 Å². The highest BCUT2D eigenvalue weighted by Gasteiger charge is 2.25. The monoisotopic (exact) mass is 327 g/mol. The van der Waals surface area contributed by atoms with Crippen molar-refractivity contribution in [3.63, 3.8) is 0 Å². The van der Waals surface area contributed by atoms with Gasteiger partial charge in [0.15, 0.2) is 16.9 Å². The van der Waals surface area contributed by atoms with Crippen LogP contribution in [-0.4, -0.2) is 17.8 Å². The molecule has 1 aliphatic rings. The smallest absolute Gasteiger partial charge is 0.182 e. The van der Waals surface area contributed by atoms with Crippen molar-refractivity contribution in [2.75, 3.05) is 7.11 Å². The summed E-state index contributed by atoms with van der Waals surface area (Å²) < 4.78 is 13.6. The van der Waals surface area contributed by atoms with Crippen molar-refractivity contribution in [3.8, 4) is 11.5 Å². The SMILES string of the molecule is COc1ccc(C(C)Cn2c(C)cc(=O)cc2C)cc1OC1CC1. The highest BCUT2D eigenvalue weighted by atomic mass is 16.5. The number of pyridine rings is 1. The van der Waals surface area contributed by atoms with Crippen LogP contribution in [0.5, 0.6) is 11.5 Å². The van der Waals surface area contributed by atoms with Crippen LogP contribution in [0.25, 0.3) is 0 Å². The summed E-state index contributed by atoms with van der Waals surface area (Å²) >= 11 is 0. The predicted molar refractivity (Wildman–Crippen MR) is 95.2 cm³/mol. The molecule has 1 saturated carbocycles. The van der Waals surface area contributed by atoms with Crippen LogP contribution >= 0.6 is 0 Å². The van der Waals surface area contributed by atoms with E-state index in [4.69, 9.17) is 9.47 Å². The van der Waals surface area contributed by atoms with Gasteiger partial charge in [-0.3, -0.25) is 4.79 Å². The first kappa shape index (κ1) is 16.6. The first-order valence-electron chi connectivity index (χ1n) is 8.50. The number of methoxy groups -OCH3 is 1. The normalized spacial score (nSPS) is 15.2. The zero-order valence-corrected chi connectivity index (χ0v) is 14.8. The van der Waals surface area contributed by atoms with Crippen LogP contribution in [-0.2, 0) is 6.54 Å². The molecule has 0 radical (unpaired) electrons. The molecule has 0 bridgehead atoms. The van der Waals surface area contributed by atoms with Gasteiger partial charge >= 0.3 is 0 Å². The first-order chi connectivity index (χ1) is 11.5. The lowest BCUT2D eigenvalue weighted by atomic mass is 10.00. The molecular formula is C20H25NO3. The maximum absolute atomic E-state index is 11.6. The van der Waals surface area contributed by atoms with Crippen molar-refractivity contribution in [1.29, 1.82) is 0 Å². The highest BCUT2D eigenvalue weighted by Crippen LogP contribution is 2.36. The molecule has 1 unspecified atom stereocenters. The van der Waals surface area contributed by atoms with Gasteiger partial charge in [-0.1, -0.05) is 13.0 Å². The summed E-state index contributed by atoms with van der Waals surface area (Å²) in [5, 5.41) is 0. The fourth-order valence-electron chi connectivity index (χ4n) is 3.01. The van der Waals surface area contributed by atoms with Gasteiger partial charge in [-0.2, -0.15) is 0 Å². The second-order valence-corrected chi connectivity index (χ2v) is 6.71. The first-order valence-corrected chi connectivity index (χ1v) is 8.50. The number of aryl methyl sites for hydroxylation is 2. The summed E-state index contributed by atoms with van der Waals surface area (Å²) in [7, 11) is 1.67. The van der Waals surface area contributed by atoms with Crippen LogP contribution in [0, 0.1) is 13.8 Å². The van der Waals surface area contributed by atoms with Crippen LogP contribution in [0.2, 0.25) is 0 Å². The van der Waals surface area contributed by atoms with Gasteiger partial charge in [0, 0.05) is 30.1 Å². The molecule has 0 saturated heterocycles. The predicted octanol–water partition coefficient (Wildman–Crippen LogP) is 3.82. The Labute approximate surface area is 143 Å². The summed E-state index contributed by atoms with van der Waals surface area (Å²) in [6, 6.07) is 9.55. The van der Waals surface area contributed by atoms with E-state index in [-0.39, 0.29) is 5.43 Å². The molecule has 4 heteroatoms. The molecule has 3 rings (SSSR count). The third kappa shape index (κ3) is 3.64. The van der Waals surface area contributed by atoms with Crippen molar-refractivity contribution >= 4 is 0 Å². The van der Waals surface area contributed by atoms with E-state index in [1.165, 1.54) is 5.56 Å². The molecule has 128 valence electrons. The van der Waals surface area contributed by atoms with E-state index < -0.39 is 0 Å². The van der Waals surface area contributed by atoms with Crippen molar-refractivity contribution in [1.82, 2.24) is 4.57 Å². The van der Waals surface area contributed by atoms with Crippen molar-refractivity contribution in [2.45, 2.75) is 52.2 Å². The molecule has 1 atom stereocenters. The maximum atomic E-state index is 11.6. The summed E-state index contributed by atoms with van der Waals surface area (Å²) in [5.41, 5.74) is 3.27. The van der Waals surface area contributed by atoms with E-state index in [0.29, 0.717) is 12.0 Å². The van der Waals surface area contributed by atoms with E-state index in [2.05, 4.69) is 23.6 Å². The van der Waals surface area contributed by atoms with Crippen LogP contribution in [0.15, 0.2) is 35.1 Å². The molecule has 0 amide bonds. The molecule has 24 heavy (non-hydrogen) atoms. The Morgan fingerprint density at radius 3 is 2.38 bits per heavy atom. The second-order valence-electron chi connectivity index (χ2n) is 6.71. The molecule has 0 spiro atoms. The topological polar surface area (TPSA) is 40.5 Å². The Hall–Kier alpha value is -2.23. The number of hydrogen-bond donors (Lipinski definition) is 0. The quantitative estimate of drug-likeness (QED) is 0.810. The molecule has 0 N–H and O–H groups in total. The Kier molecular flexibility index (Phi) is 4.65. The minimum absolute atomic E-state index is 0.0680. The number of benzene rings is 1. The van der Waals surface area contributed by atoms with E-state index >= 15 is 0 Å². The Bertz CT molecular complexity index is 764. The fourth-order valence-corrected chi connectivity index (χ4v) is 3.01. The van der Waals surface area contributed by atoms with Crippen LogP contribution in [0.4, 0.5) is 0 Å². The zero-order chi connectivity index (χ0) is 17.3. The number of nitrogens with zero attached hydrogens (tertiary/aromatic N) is 1. The van der Waals surface area contributed by atoms with Crippen molar-refractivity contribution in [2.24, 2.45) is 0 Å². The fraction of sp³-hybridized carbons (Fsp3) is 0.450. The molecule has 2 aromatic rings. The Morgan fingerprint density at radius 1 is 1.12 bits per heavy atom. The number of hydrogen-bond acceptors (Lipinski definition) is 3. The van der Waals surface area contributed by atoms with Gasteiger partial charge < -0.3 is 14.0 Å². The standard InChI is InChI=1S/C20H25NO3/c1-13(12-21-14(2)9-17(22)10-15(21)3)16-5-8-19(23-4)20(11-16)24-18-6-7-18/h5,8-11,13,18H,6-7,12H2,1-4H3. The summed E-state index contributed by atoms with van der Waals surface area (Å²) in [5.74, 6) is 1.92. The summed E-state index contributed by atoms with van der Waals surface area (Å²) in [6.45, 7) is 6.99. The summed E-state index contributed by atoms with van der Waals surface area (Å²) in [6.07, 6.45) is 2.59.